The van der Waals surface area contributed by atoms with E-state index in [-0.39, 0.29) is 17.9 Å². The Hall–Kier alpha value is -1.40. The standard InChI is InChI=1S/C14H18N2O3S/c1-6-4-9(6)13(19)16-14-11(12(15)18)8-3-2-7(17)5-10(8)20-14/h6-7,9,17H,2-5H2,1H3,(H2,15,18)(H,16,19). The van der Waals surface area contributed by atoms with Crippen molar-refractivity contribution in [3.05, 3.63) is 16.0 Å². The number of carbonyl (C=O) groups excluding carboxylic acids is 2. The van der Waals surface area contributed by atoms with E-state index in [1.807, 2.05) is 6.92 Å². The topological polar surface area (TPSA) is 92.4 Å². The highest BCUT2D eigenvalue weighted by Crippen LogP contribution is 2.41. The number of nitrogens with one attached hydrogen (secondary N) is 1. The zero-order chi connectivity index (χ0) is 14.4. The van der Waals surface area contributed by atoms with Gasteiger partial charge in [0.25, 0.3) is 5.91 Å². The summed E-state index contributed by atoms with van der Waals surface area (Å²) in [5, 5.41) is 13.1. The Morgan fingerprint density at radius 2 is 2.15 bits per heavy atom. The largest absolute Gasteiger partial charge is 0.393 e. The van der Waals surface area contributed by atoms with E-state index in [0.717, 1.165) is 16.9 Å². The SMILES string of the molecule is CC1CC1C(=O)Nc1sc2c(c1C(N)=O)CCC(O)C2. The van der Waals surface area contributed by atoms with Gasteiger partial charge in [0, 0.05) is 17.2 Å². The minimum absolute atomic E-state index is 0.0286. The highest BCUT2D eigenvalue weighted by atomic mass is 32.1. The Morgan fingerprint density at radius 3 is 2.75 bits per heavy atom. The first kappa shape index (κ1) is 13.6. The maximum Gasteiger partial charge on any atom is 0.251 e. The Bertz CT molecular complexity index is 581. The van der Waals surface area contributed by atoms with Crippen molar-refractivity contribution >= 4 is 28.2 Å². The van der Waals surface area contributed by atoms with Crippen LogP contribution in [0.15, 0.2) is 0 Å². The van der Waals surface area contributed by atoms with Crippen molar-refractivity contribution in [2.45, 2.75) is 38.7 Å². The fourth-order valence-corrected chi connectivity index (χ4v) is 4.14. The molecule has 3 atom stereocenters. The van der Waals surface area contributed by atoms with E-state index in [1.165, 1.54) is 11.3 Å². The van der Waals surface area contributed by atoms with E-state index in [4.69, 9.17) is 5.73 Å². The number of aliphatic hydroxyl groups is 1. The molecule has 1 fully saturated rings. The van der Waals surface area contributed by atoms with Crippen LogP contribution in [0.25, 0.3) is 0 Å². The summed E-state index contributed by atoms with van der Waals surface area (Å²) >= 11 is 1.38. The molecule has 4 N–H and O–H groups in total. The number of rotatable bonds is 3. The molecule has 0 spiro atoms. The number of carbonyl (C=O) groups is 2. The lowest BCUT2D eigenvalue weighted by molar-refractivity contribution is -0.117. The summed E-state index contributed by atoms with van der Waals surface area (Å²) in [4.78, 5) is 24.7. The highest BCUT2D eigenvalue weighted by Gasteiger charge is 2.40. The van der Waals surface area contributed by atoms with E-state index in [2.05, 4.69) is 5.32 Å². The second-order valence-electron chi connectivity index (χ2n) is 5.78. The molecule has 3 rings (SSSR count). The maximum absolute atomic E-state index is 12.0. The summed E-state index contributed by atoms with van der Waals surface area (Å²) in [6.45, 7) is 2.04. The summed E-state index contributed by atoms with van der Waals surface area (Å²) in [5.74, 6) is -0.0546. The van der Waals surface area contributed by atoms with Crippen LogP contribution in [0.1, 0.15) is 40.6 Å². The summed E-state index contributed by atoms with van der Waals surface area (Å²) in [7, 11) is 0. The molecule has 1 heterocycles. The zero-order valence-electron chi connectivity index (χ0n) is 11.3. The molecule has 1 aromatic heterocycles. The molecule has 2 aliphatic carbocycles. The second kappa shape index (κ2) is 4.86. The average molecular weight is 294 g/mol. The number of hydrogen-bond acceptors (Lipinski definition) is 4. The fraction of sp³-hybridized carbons (Fsp3) is 0.571. The monoisotopic (exact) mass is 294 g/mol. The number of primary amides is 1. The van der Waals surface area contributed by atoms with Crippen LogP contribution < -0.4 is 11.1 Å². The third kappa shape index (κ3) is 2.33. The van der Waals surface area contributed by atoms with E-state index >= 15 is 0 Å². The lowest BCUT2D eigenvalue weighted by Crippen LogP contribution is -2.21. The molecule has 0 bridgehead atoms. The summed E-state index contributed by atoms with van der Waals surface area (Å²) in [6.07, 6.45) is 2.35. The van der Waals surface area contributed by atoms with Gasteiger partial charge in [-0.25, -0.2) is 0 Å². The summed E-state index contributed by atoms with van der Waals surface area (Å²) in [5.41, 5.74) is 6.82. The van der Waals surface area contributed by atoms with Crippen LogP contribution in [0, 0.1) is 11.8 Å². The maximum atomic E-state index is 12.0. The van der Waals surface area contributed by atoms with Crippen molar-refractivity contribution in [3.63, 3.8) is 0 Å². The normalized spacial score (nSPS) is 27.8. The van der Waals surface area contributed by atoms with E-state index in [0.29, 0.717) is 35.7 Å². The lowest BCUT2D eigenvalue weighted by atomic mass is 9.93. The zero-order valence-corrected chi connectivity index (χ0v) is 12.1. The van der Waals surface area contributed by atoms with Gasteiger partial charge in [0.1, 0.15) is 5.00 Å². The van der Waals surface area contributed by atoms with E-state index < -0.39 is 5.91 Å². The Kier molecular flexibility index (Phi) is 3.30. The third-order valence-corrected chi connectivity index (χ3v) is 5.34. The number of thiophene rings is 1. The molecule has 0 saturated heterocycles. The first-order valence-corrected chi connectivity index (χ1v) is 7.72. The smallest absolute Gasteiger partial charge is 0.251 e. The first-order valence-electron chi connectivity index (χ1n) is 6.90. The van der Waals surface area contributed by atoms with Crippen LogP contribution >= 0.6 is 11.3 Å². The number of hydrogen-bond donors (Lipinski definition) is 3. The van der Waals surface area contributed by atoms with Crippen molar-refractivity contribution in [2.24, 2.45) is 17.6 Å². The van der Waals surface area contributed by atoms with Crippen molar-refractivity contribution in [1.29, 1.82) is 0 Å². The van der Waals surface area contributed by atoms with Crippen LogP contribution in [0.3, 0.4) is 0 Å². The van der Waals surface area contributed by atoms with Gasteiger partial charge < -0.3 is 16.2 Å². The molecule has 1 saturated carbocycles. The van der Waals surface area contributed by atoms with Gasteiger partial charge in [-0.1, -0.05) is 6.92 Å². The molecule has 2 aliphatic rings. The Balaban J connectivity index is 1.90. The number of aliphatic hydroxyl groups excluding tert-OH is 1. The predicted molar refractivity (Wildman–Crippen MR) is 76.8 cm³/mol. The molecule has 2 amide bonds. The van der Waals surface area contributed by atoms with Gasteiger partial charge >= 0.3 is 0 Å². The fourth-order valence-electron chi connectivity index (χ4n) is 2.81. The molecule has 0 aromatic carbocycles. The van der Waals surface area contributed by atoms with Gasteiger partial charge in [-0.05, 0) is 30.7 Å². The Morgan fingerprint density at radius 1 is 1.45 bits per heavy atom. The molecule has 20 heavy (non-hydrogen) atoms. The molecule has 5 nitrogen and oxygen atoms in total. The van der Waals surface area contributed by atoms with Gasteiger partial charge in [0.15, 0.2) is 0 Å². The van der Waals surface area contributed by atoms with Crippen molar-refractivity contribution in [1.82, 2.24) is 0 Å². The lowest BCUT2D eigenvalue weighted by Gasteiger charge is -2.17. The quantitative estimate of drug-likeness (QED) is 0.784. The number of nitrogens with two attached hydrogens (primary N) is 1. The molecule has 3 unspecified atom stereocenters. The second-order valence-corrected chi connectivity index (χ2v) is 6.88. The molecule has 0 aliphatic heterocycles. The third-order valence-electron chi connectivity index (χ3n) is 4.17. The van der Waals surface area contributed by atoms with Gasteiger partial charge in [-0.2, -0.15) is 0 Å². The minimum Gasteiger partial charge on any atom is -0.393 e. The molecular formula is C14H18N2O3S. The van der Waals surface area contributed by atoms with Crippen molar-refractivity contribution < 1.29 is 14.7 Å². The Labute approximate surface area is 121 Å². The van der Waals surface area contributed by atoms with Crippen LogP contribution in [0.5, 0.6) is 0 Å². The molecular weight excluding hydrogens is 276 g/mol. The average Bonchev–Trinajstić information content (AvgIpc) is 2.98. The van der Waals surface area contributed by atoms with Gasteiger partial charge in [0.2, 0.25) is 5.91 Å². The van der Waals surface area contributed by atoms with Gasteiger partial charge in [-0.3, -0.25) is 9.59 Å². The van der Waals surface area contributed by atoms with E-state index in [9.17, 15) is 14.7 Å². The predicted octanol–water partition coefficient (Wildman–Crippen LogP) is 1.29. The number of fused-ring (bicyclic) bond motifs is 1. The summed E-state index contributed by atoms with van der Waals surface area (Å²) in [6, 6.07) is 0. The van der Waals surface area contributed by atoms with Crippen LogP contribution in [-0.4, -0.2) is 23.0 Å². The minimum atomic E-state index is -0.502. The highest BCUT2D eigenvalue weighted by molar-refractivity contribution is 7.17. The molecule has 0 radical (unpaired) electrons. The number of anilines is 1. The number of amides is 2. The first-order chi connectivity index (χ1) is 9.47. The van der Waals surface area contributed by atoms with E-state index in [1.54, 1.807) is 0 Å². The van der Waals surface area contributed by atoms with Gasteiger partial charge in [0.05, 0.1) is 11.7 Å². The van der Waals surface area contributed by atoms with Crippen LogP contribution in [0.4, 0.5) is 5.00 Å². The molecule has 108 valence electrons. The van der Waals surface area contributed by atoms with Crippen molar-refractivity contribution in [2.75, 3.05) is 5.32 Å². The molecule has 6 heteroatoms. The van der Waals surface area contributed by atoms with Crippen molar-refractivity contribution in [3.8, 4) is 0 Å². The summed E-state index contributed by atoms with van der Waals surface area (Å²) < 4.78 is 0. The van der Waals surface area contributed by atoms with Gasteiger partial charge in [-0.15, -0.1) is 11.3 Å². The van der Waals surface area contributed by atoms with Crippen LogP contribution in [0.2, 0.25) is 0 Å². The molecule has 1 aromatic rings. The van der Waals surface area contributed by atoms with Crippen LogP contribution in [-0.2, 0) is 17.6 Å².